The van der Waals surface area contributed by atoms with Crippen molar-refractivity contribution in [3.63, 3.8) is 0 Å². The van der Waals surface area contributed by atoms with Crippen LogP contribution < -0.4 is 10.6 Å². The van der Waals surface area contributed by atoms with Crippen LogP contribution in [0, 0.1) is 6.92 Å². The summed E-state index contributed by atoms with van der Waals surface area (Å²) in [5, 5.41) is 6.58. The van der Waals surface area contributed by atoms with Crippen molar-refractivity contribution in [3.05, 3.63) is 58.6 Å². The summed E-state index contributed by atoms with van der Waals surface area (Å²) in [6.07, 6.45) is 3.33. The van der Waals surface area contributed by atoms with Crippen LogP contribution in [0.5, 0.6) is 0 Å². The van der Waals surface area contributed by atoms with Crippen LogP contribution in [-0.2, 0) is 4.79 Å². The van der Waals surface area contributed by atoms with Crippen LogP contribution in [0.4, 0.5) is 11.4 Å². The summed E-state index contributed by atoms with van der Waals surface area (Å²) in [6.45, 7) is 3.69. The van der Waals surface area contributed by atoms with Gasteiger partial charge in [0.1, 0.15) is 0 Å². The molecule has 0 saturated carbocycles. The second-order valence-electron chi connectivity index (χ2n) is 6.74. The fraction of sp³-hybridized carbons (Fsp3) is 0.333. The van der Waals surface area contributed by atoms with Crippen molar-refractivity contribution in [1.82, 2.24) is 4.90 Å². The normalized spacial score (nSPS) is 13.9. The van der Waals surface area contributed by atoms with Gasteiger partial charge in [-0.3, -0.25) is 9.59 Å². The number of benzene rings is 2. The first-order chi connectivity index (χ1) is 13.0. The Hall–Kier alpha value is -2.53. The maximum Gasteiger partial charge on any atom is 0.253 e. The third-order valence-electron chi connectivity index (χ3n) is 4.77. The van der Waals surface area contributed by atoms with Crippen LogP contribution in [0.1, 0.15) is 35.2 Å². The van der Waals surface area contributed by atoms with Crippen molar-refractivity contribution < 1.29 is 9.59 Å². The predicted octanol–water partition coefficient (Wildman–Crippen LogP) is 4.33. The zero-order valence-electron chi connectivity index (χ0n) is 15.4. The van der Waals surface area contributed by atoms with E-state index in [-0.39, 0.29) is 18.4 Å². The molecule has 1 aliphatic heterocycles. The smallest absolute Gasteiger partial charge is 0.253 e. The maximum absolute atomic E-state index is 12.5. The minimum Gasteiger partial charge on any atom is -0.376 e. The fourth-order valence-electron chi connectivity index (χ4n) is 3.16. The number of likely N-dealkylation sites (tertiary alicyclic amines) is 1. The molecule has 0 bridgehead atoms. The molecule has 0 aliphatic carbocycles. The Morgan fingerprint density at radius 3 is 2.44 bits per heavy atom. The monoisotopic (exact) mass is 385 g/mol. The molecular formula is C21H24ClN3O2. The maximum atomic E-state index is 12.5. The van der Waals surface area contributed by atoms with Crippen LogP contribution in [0.2, 0.25) is 5.02 Å². The summed E-state index contributed by atoms with van der Waals surface area (Å²) in [6, 6.07) is 12.6. The fourth-order valence-corrected chi connectivity index (χ4v) is 3.33. The number of nitrogens with zero attached hydrogens (tertiary/aromatic N) is 1. The van der Waals surface area contributed by atoms with Crippen LogP contribution in [0.3, 0.4) is 0 Å². The average Bonchev–Trinajstić information content (AvgIpc) is 2.70. The molecular weight excluding hydrogens is 362 g/mol. The number of carbonyl (C=O) groups excluding carboxylic acids is 2. The predicted molar refractivity (Wildman–Crippen MR) is 110 cm³/mol. The third kappa shape index (κ3) is 5.01. The van der Waals surface area contributed by atoms with Gasteiger partial charge < -0.3 is 15.5 Å². The first-order valence-corrected chi connectivity index (χ1v) is 9.60. The van der Waals surface area contributed by atoms with E-state index in [0.29, 0.717) is 16.3 Å². The highest BCUT2D eigenvalue weighted by atomic mass is 35.5. The Balaban J connectivity index is 1.53. The van der Waals surface area contributed by atoms with Crippen LogP contribution in [0.15, 0.2) is 42.5 Å². The van der Waals surface area contributed by atoms with E-state index in [0.717, 1.165) is 37.2 Å². The Bertz CT molecular complexity index is 815. The lowest BCUT2D eigenvalue weighted by Crippen LogP contribution is -2.35. The number of anilines is 2. The summed E-state index contributed by atoms with van der Waals surface area (Å²) < 4.78 is 0. The van der Waals surface area contributed by atoms with E-state index in [1.807, 2.05) is 30.0 Å². The van der Waals surface area contributed by atoms with Gasteiger partial charge >= 0.3 is 0 Å². The summed E-state index contributed by atoms with van der Waals surface area (Å²) in [7, 11) is 0. The summed E-state index contributed by atoms with van der Waals surface area (Å²) in [5.74, 6) is -0.102. The molecule has 3 rings (SSSR count). The van der Waals surface area contributed by atoms with E-state index >= 15 is 0 Å². The van der Waals surface area contributed by atoms with E-state index in [2.05, 4.69) is 10.6 Å². The van der Waals surface area contributed by atoms with Crippen molar-refractivity contribution in [2.24, 2.45) is 0 Å². The van der Waals surface area contributed by atoms with E-state index in [9.17, 15) is 9.59 Å². The molecule has 0 spiro atoms. The van der Waals surface area contributed by atoms with Crippen LogP contribution >= 0.6 is 11.6 Å². The van der Waals surface area contributed by atoms with Crippen molar-refractivity contribution >= 4 is 34.8 Å². The minimum absolute atomic E-state index is 0.0608. The highest BCUT2D eigenvalue weighted by molar-refractivity contribution is 6.31. The zero-order chi connectivity index (χ0) is 19.2. The van der Waals surface area contributed by atoms with E-state index in [1.54, 1.807) is 24.3 Å². The van der Waals surface area contributed by atoms with Crippen LogP contribution in [0.25, 0.3) is 0 Å². The van der Waals surface area contributed by atoms with Gasteiger partial charge in [-0.15, -0.1) is 0 Å². The molecule has 1 fully saturated rings. The molecule has 2 amide bonds. The van der Waals surface area contributed by atoms with Crippen molar-refractivity contribution in [2.45, 2.75) is 26.2 Å². The number of carbonyl (C=O) groups is 2. The molecule has 2 N–H and O–H groups in total. The number of amides is 2. The quantitative estimate of drug-likeness (QED) is 0.805. The van der Waals surface area contributed by atoms with Gasteiger partial charge in [-0.05, 0) is 68.1 Å². The standard InChI is InChI=1S/C21H24ClN3O2/c1-15-18(22)6-5-7-19(15)23-14-20(26)24-17-10-8-16(9-11-17)21(27)25-12-3-2-4-13-25/h5-11,23H,2-4,12-14H2,1H3,(H,24,26). The first kappa shape index (κ1) is 19.2. The van der Waals surface area contributed by atoms with E-state index in [1.165, 1.54) is 6.42 Å². The van der Waals surface area contributed by atoms with Gasteiger partial charge in [-0.1, -0.05) is 17.7 Å². The molecule has 2 aromatic rings. The van der Waals surface area contributed by atoms with Gasteiger partial charge in [-0.25, -0.2) is 0 Å². The van der Waals surface area contributed by atoms with Crippen molar-refractivity contribution in [2.75, 3.05) is 30.3 Å². The van der Waals surface area contributed by atoms with Crippen LogP contribution in [-0.4, -0.2) is 36.3 Å². The second-order valence-corrected chi connectivity index (χ2v) is 7.15. The molecule has 0 aromatic heterocycles. The molecule has 5 nitrogen and oxygen atoms in total. The second kappa shape index (κ2) is 8.91. The molecule has 142 valence electrons. The Morgan fingerprint density at radius 1 is 1.04 bits per heavy atom. The molecule has 2 aromatic carbocycles. The molecule has 6 heteroatoms. The summed E-state index contributed by atoms with van der Waals surface area (Å²) >= 11 is 6.08. The number of halogens is 1. The Labute approximate surface area is 164 Å². The lowest BCUT2D eigenvalue weighted by Gasteiger charge is -2.26. The molecule has 0 atom stereocenters. The minimum atomic E-state index is -0.163. The lowest BCUT2D eigenvalue weighted by molar-refractivity contribution is -0.114. The zero-order valence-corrected chi connectivity index (χ0v) is 16.2. The van der Waals surface area contributed by atoms with Crippen molar-refractivity contribution in [3.8, 4) is 0 Å². The molecule has 1 aliphatic rings. The molecule has 27 heavy (non-hydrogen) atoms. The van der Waals surface area contributed by atoms with Gasteiger partial charge in [0.25, 0.3) is 5.91 Å². The first-order valence-electron chi connectivity index (χ1n) is 9.23. The number of piperidine rings is 1. The number of hydrogen-bond acceptors (Lipinski definition) is 3. The largest absolute Gasteiger partial charge is 0.376 e. The van der Waals surface area contributed by atoms with Gasteiger partial charge in [-0.2, -0.15) is 0 Å². The molecule has 1 saturated heterocycles. The summed E-state index contributed by atoms with van der Waals surface area (Å²) in [5.41, 5.74) is 3.06. The average molecular weight is 386 g/mol. The molecule has 0 unspecified atom stereocenters. The van der Waals surface area contributed by atoms with E-state index in [4.69, 9.17) is 11.6 Å². The number of rotatable bonds is 5. The van der Waals surface area contributed by atoms with Gasteiger partial charge in [0, 0.05) is 35.1 Å². The van der Waals surface area contributed by atoms with E-state index < -0.39 is 0 Å². The number of hydrogen-bond donors (Lipinski definition) is 2. The van der Waals surface area contributed by atoms with Gasteiger partial charge in [0.15, 0.2) is 0 Å². The summed E-state index contributed by atoms with van der Waals surface area (Å²) in [4.78, 5) is 26.5. The Kier molecular flexibility index (Phi) is 6.35. The molecule has 1 heterocycles. The number of nitrogens with one attached hydrogen (secondary N) is 2. The SMILES string of the molecule is Cc1c(Cl)cccc1NCC(=O)Nc1ccc(C(=O)N2CCCCC2)cc1. The third-order valence-corrected chi connectivity index (χ3v) is 5.18. The van der Waals surface area contributed by atoms with Gasteiger partial charge in [0.05, 0.1) is 6.54 Å². The van der Waals surface area contributed by atoms with Crippen molar-refractivity contribution in [1.29, 1.82) is 0 Å². The highest BCUT2D eigenvalue weighted by Crippen LogP contribution is 2.22. The molecule has 0 radical (unpaired) electrons. The van der Waals surface area contributed by atoms with Gasteiger partial charge in [0.2, 0.25) is 5.91 Å². The lowest BCUT2D eigenvalue weighted by atomic mass is 10.1. The Morgan fingerprint density at radius 2 is 1.74 bits per heavy atom. The topological polar surface area (TPSA) is 61.4 Å². The highest BCUT2D eigenvalue weighted by Gasteiger charge is 2.18.